The molecule has 0 bridgehead atoms. The van der Waals surface area contributed by atoms with E-state index in [0.29, 0.717) is 17.6 Å². The molecule has 0 heterocycles. The van der Waals surface area contributed by atoms with Gasteiger partial charge in [-0.3, -0.25) is 9.59 Å². The molecule has 2 aliphatic carbocycles. The zero-order valence-electron chi connectivity index (χ0n) is 17.1. The molecule has 0 unspecified atom stereocenters. The molecule has 1 aromatic carbocycles. The number of hydrogen-bond acceptors (Lipinski definition) is 3. The summed E-state index contributed by atoms with van der Waals surface area (Å²) in [5.41, 5.74) is 2.87. The number of allylic oxidation sites excluding steroid dienone is 5. The fourth-order valence-electron chi connectivity index (χ4n) is 5.04. The van der Waals surface area contributed by atoms with Crippen LogP contribution in [-0.2, 0) is 9.59 Å². The van der Waals surface area contributed by atoms with Gasteiger partial charge in [0.15, 0.2) is 11.6 Å². The van der Waals surface area contributed by atoms with E-state index in [-0.39, 0.29) is 23.2 Å². The third kappa shape index (κ3) is 2.33. The highest BCUT2D eigenvalue weighted by atomic mass is 16.3. The van der Waals surface area contributed by atoms with E-state index in [1.807, 2.05) is 39.8 Å². The summed E-state index contributed by atoms with van der Waals surface area (Å²) in [5.74, 6) is 0.0671. The monoisotopic (exact) mass is 364 g/mol. The maximum atomic E-state index is 13.6. The maximum Gasteiger partial charge on any atom is 0.166 e. The van der Waals surface area contributed by atoms with Gasteiger partial charge in [-0.25, -0.2) is 0 Å². The first-order valence-electron chi connectivity index (χ1n) is 9.40. The summed E-state index contributed by atoms with van der Waals surface area (Å²) >= 11 is 0. The van der Waals surface area contributed by atoms with Crippen molar-refractivity contribution in [1.29, 1.82) is 0 Å². The lowest BCUT2D eigenvalue weighted by Gasteiger charge is -2.54. The summed E-state index contributed by atoms with van der Waals surface area (Å²) in [6.45, 7) is 15.1. The fraction of sp³-hybridized carbons (Fsp3) is 0.417. The molecule has 2 aliphatic rings. The van der Waals surface area contributed by atoms with E-state index >= 15 is 0 Å². The predicted octanol–water partition coefficient (Wildman–Crippen LogP) is 5.11. The number of aryl methyl sites for hydroxylation is 2. The Morgan fingerprint density at radius 3 is 2.07 bits per heavy atom. The molecule has 0 saturated heterocycles. The second-order valence-corrected chi connectivity index (χ2v) is 8.49. The lowest BCUT2D eigenvalue weighted by Crippen LogP contribution is -2.57. The van der Waals surface area contributed by atoms with Crippen LogP contribution in [-0.4, -0.2) is 16.7 Å². The molecule has 0 aliphatic heterocycles. The molecule has 0 radical (unpaired) electrons. The largest absolute Gasteiger partial charge is 0.507 e. The van der Waals surface area contributed by atoms with Crippen LogP contribution in [0.25, 0.3) is 0 Å². The van der Waals surface area contributed by atoms with Crippen molar-refractivity contribution in [3.8, 4) is 5.75 Å². The van der Waals surface area contributed by atoms with Crippen LogP contribution in [0.2, 0.25) is 0 Å². The van der Waals surface area contributed by atoms with E-state index in [9.17, 15) is 14.7 Å². The fourth-order valence-corrected chi connectivity index (χ4v) is 5.04. The number of hydrogen-bond donors (Lipinski definition) is 1. The molecule has 1 aromatic rings. The number of carbonyl (C=O) groups excluding carboxylic acids is 2. The molecule has 0 saturated carbocycles. The van der Waals surface area contributed by atoms with Gasteiger partial charge in [-0.05, 0) is 67.5 Å². The Labute approximate surface area is 161 Å². The molecule has 0 spiro atoms. The topological polar surface area (TPSA) is 54.4 Å². The van der Waals surface area contributed by atoms with Crippen LogP contribution < -0.4 is 0 Å². The van der Waals surface area contributed by atoms with Crippen molar-refractivity contribution >= 4 is 11.6 Å². The van der Waals surface area contributed by atoms with Crippen LogP contribution in [0, 0.1) is 24.7 Å². The van der Waals surface area contributed by atoms with Crippen LogP contribution in [0.1, 0.15) is 56.7 Å². The second-order valence-electron chi connectivity index (χ2n) is 8.49. The Bertz CT molecular complexity index is 923. The molecular weight excluding hydrogens is 336 g/mol. The number of aromatic hydroxyl groups is 1. The summed E-state index contributed by atoms with van der Waals surface area (Å²) < 4.78 is 0. The first-order chi connectivity index (χ1) is 12.5. The van der Waals surface area contributed by atoms with Crippen molar-refractivity contribution in [2.24, 2.45) is 10.8 Å². The first kappa shape index (κ1) is 19.3. The van der Waals surface area contributed by atoms with Crippen LogP contribution in [0.5, 0.6) is 5.75 Å². The predicted molar refractivity (Wildman–Crippen MR) is 108 cm³/mol. The molecule has 142 valence electrons. The van der Waals surface area contributed by atoms with Gasteiger partial charge in [0.25, 0.3) is 0 Å². The zero-order valence-corrected chi connectivity index (χ0v) is 17.1. The van der Waals surface area contributed by atoms with Gasteiger partial charge in [-0.1, -0.05) is 44.7 Å². The maximum absolute atomic E-state index is 13.6. The van der Waals surface area contributed by atoms with Gasteiger partial charge >= 0.3 is 0 Å². The summed E-state index contributed by atoms with van der Waals surface area (Å²) in [7, 11) is 0. The average Bonchev–Trinajstić information content (AvgIpc) is 2.64. The smallest absolute Gasteiger partial charge is 0.166 e. The standard InChI is InChI=1S/C24H28O3/c1-8-17-9-10-23(6)21(26)15(4)16(5)22(27)24(23,7)19(17)18-11-13(2)20(25)14(3)12-18/h8-9,11-12,19,25H,1,10H2,2-7H3/t19-,23+,24-/m1/s1. The molecule has 1 N–H and O–H groups in total. The van der Waals surface area contributed by atoms with Crippen molar-refractivity contribution in [1.82, 2.24) is 0 Å². The van der Waals surface area contributed by atoms with Crippen LogP contribution in [0.4, 0.5) is 0 Å². The highest BCUT2D eigenvalue weighted by Crippen LogP contribution is 2.62. The zero-order chi connectivity index (χ0) is 20.3. The Morgan fingerprint density at radius 1 is 1.04 bits per heavy atom. The van der Waals surface area contributed by atoms with E-state index in [1.54, 1.807) is 19.9 Å². The molecule has 27 heavy (non-hydrogen) atoms. The van der Waals surface area contributed by atoms with Gasteiger partial charge < -0.3 is 5.11 Å². The minimum Gasteiger partial charge on any atom is -0.507 e. The minimum absolute atomic E-state index is 0.0305. The van der Waals surface area contributed by atoms with Gasteiger partial charge in [-0.2, -0.15) is 0 Å². The lowest BCUT2D eigenvalue weighted by atomic mass is 9.45. The minimum atomic E-state index is -0.901. The lowest BCUT2D eigenvalue weighted by molar-refractivity contribution is -0.147. The molecule has 3 nitrogen and oxygen atoms in total. The molecule has 0 fully saturated rings. The summed E-state index contributed by atoms with van der Waals surface area (Å²) in [6, 6.07) is 3.86. The van der Waals surface area contributed by atoms with Gasteiger partial charge in [0.1, 0.15) is 5.75 Å². The van der Waals surface area contributed by atoms with Crippen LogP contribution in [0.3, 0.4) is 0 Å². The van der Waals surface area contributed by atoms with Crippen molar-refractivity contribution in [2.45, 2.75) is 53.9 Å². The van der Waals surface area contributed by atoms with Crippen LogP contribution in [0.15, 0.2) is 47.6 Å². The van der Waals surface area contributed by atoms with E-state index in [1.165, 1.54) is 0 Å². The summed E-state index contributed by atoms with van der Waals surface area (Å²) in [5, 5.41) is 10.2. The number of phenols is 1. The van der Waals surface area contributed by atoms with Crippen molar-refractivity contribution in [2.75, 3.05) is 0 Å². The molecule has 3 rings (SSSR count). The highest BCUT2D eigenvalue weighted by molar-refractivity contribution is 6.17. The van der Waals surface area contributed by atoms with E-state index < -0.39 is 10.8 Å². The second kappa shape index (κ2) is 6.05. The molecular formula is C24H28O3. The van der Waals surface area contributed by atoms with Gasteiger partial charge in [-0.15, -0.1) is 0 Å². The molecule has 0 aromatic heterocycles. The Hall–Kier alpha value is -2.42. The summed E-state index contributed by atoms with van der Waals surface area (Å²) in [6.07, 6.45) is 4.37. The van der Waals surface area contributed by atoms with E-state index in [4.69, 9.17) is 0 Å². The third-order valence-electron chi connectivity index (χ3n) is 7.10. The normalized spacial score (nSPS) is 30.9. The van der Waals surface area contributed by atoms with Crippen LogP contribution >= 0.6 is 0 Å². The average molecular weight is 364 g/mol. The van der Waals surface area contributed by atoms with Crippen molar-refractivity contribution < 1.29 is 14.7 Å². The number of rotatable bonds is 2. The van der Waals surface area contributed by atoms with Gasteiger partial charge in [0, 0.05) is 11.3 Å². The van der Waals surface area contributed by atoms with Crippen molar-refractivity contribution in [3.63, 3.8) is 0 Å². The SMILES string of the molecule is C=CC1=CC[C@@]2(C)C(=O)C(C)=C(C)C(=O)[C@@]2(C)[C@H]1c1cc(C)c(O)c(C)c1. The number of fused-ring (bicyclic) bond motifs is 1. The van der Waals surface area contributed by atoms with E-state index in [2.05, 4.69) is 12.7 Å². The number of carbonyl (C=O) groups is 2. The first-order valence-corrected chi connectivity index (χ1v) is 9.40. The number of Topliss-reactive ketones (excluding diaryl/α,β-unsaturated/α-hetero) is 2. The summed E-state index contributed by atoms with van der Waals surface area (Å²) in [4.78, 5) is 26.9. The number of ketones is 2. The van der Waals surface area contributed by atoms with Crippen molar-refractivity contribution in [3.05, 3.63) is 64.3 Å². The van der Waals surface area contributed by atoms with E-state index in [0.717, 1.165) is 22.3 Å². The number of benzene rings is 1. The highest BCUT2D eigenvalue weighted by Gasteiger charge is 2.63. The number of phenolic OH excluding ortho intramolecular Hbond substituents is 1. The Morgan fingerprint density at radius 2 is 1.56 bits per heavy atom. The molecule has 0 amide bonds. The van der Waals surface area contributed by atoms with Gasteiger partial charge in [0.05, 0.1) is 5.41 Å². The quantitative estimate of drug-likeness (QED) is 0.793. The van der Waals surface area contributed by atoms with Gasteiger partial charge in [0.2, 0.25) is 0 Å². The third-order valence-corrected chi connectivity index (χ3v) is 7.10. The Balaban J connectivity index is 2.36. The molecule has 3 atom stereocenters. The Kier molecular flexibility index (Phi) is 4.33. The molecule has 3 heteroatoms.